The van der Waals surface area contributed by atoms with E-state index in [1.54, 1.807) is 0 Å². The first-order valence-corrected chi connectivity index (χ1v) is 5.61. The van der Waals surface area contributed by atoms with E-state index < -0.39 is 0 Å². The fraction of sp³-hybridized carbons (Fsp3) is 0.909. The van der Waals surface area contributed by atoms with Gasteiger partial charge in [-0.1, -0.05) is 0 Å². The largest absolute Gasteiger partial charge is 0.381 e. The number of hydrogen-bond donors (Lipinski definition) is 0. The van der Waals surface area contributed by atoms with Crippen LogP contribution in [0.5, 0.6) is 0 Å². The number of hydrogen-bond acceptors (Lipinski definition) is 3. The topological polar surface area (TPSA) is 35.5 Å². The van der Waals surface area contributed by atoms with Crippen LogP contribution in [-0.2, 0) is 14.3 Å². The lowest BCUT2D eigenvalue weighted by Gasteiger charge is -2.27. The van der Waals surface area contributed by atoms with Gasteiger partial charge in [0.15, 0.2) is 5.78 Å². The molecule has 0 saturated carbocycles. The molecule has 2 aliphatic rings. The van der Waals surface area contributed by atoms with E-state index in [-0.39, 0.29) is 12.0 Å². The highest BCUT2D eigenvalue weighted by atomic mass is 16.5. The van der Waals surface area contributed by atoms with E-state index in [1.165, 1.54) is 0 Å². The first-order valence-electron chi connectivity index (χ1n) is 5.61. The van der Waals surface area contributed by atoms with E-state index in [1.807, 2.05) is 0 Å². The maximum Gasteiger partial charge on any atom is 0.164 e. The second-order valence-electron chi connectivity index (χ2n) is 4.14. The number of Topliss-reactive ketones (excluding diaryl/α,β-unsaturated/α-hetero) is 1. The van der Waals surface area contributed by atoms with Gasteiger partial charge < -0.3 is 9.47 Å². The van der Waals surface area contributed by atoms with Crippen LogP contribution in [0.4, 0.5) is 0 Å². The summed E-state index contributed by atoms with van der Waals surface area (Å²) < 4.78 is 10.7. The molecule has 0 amide bonds. The van der Waals surface area contributed by atoms with E-state index in [9.17, 15) is 4.79 Å². The summed E-state index contributed by atoms with van der Waals surface area (Å²) in [6.45, 7) is 2.24. The van der Waals surface area contributed by atoms with Crippen molar-refractivity contribution >= 4 is 5.78 Å². The van der Waals surface area contributed by atoms with Gasteiger partial charge in [0, 0.05) is 25.7 Å². The maximum absolute atomic E-state index is 12.0. The average molecular weight is 198 g/mol. The van der Waals surface area contributed by atoms with Crippen molar-refractivity contribution in [2.45, 2.75) is 38.2 Å². The van der Waals surface area contributed by atoms with Crippen LogP contribution in [0.3, 0.4) is 0 Å². The summed E-state index contributed by atoms with van der Waals surface area (Å²) in [6, 6.07) is 0. The van der Waals surface area contributed by atoms with Crippen LogP contribution in [0.1, 0.15) is 32.1 Å². The molecule has 1 atom stereocenters. The zero-order valence-corrected chi connectivity index (χ0v) is 8.54. The summed E-state index contributed by atoms with van der Waals surface area (Å²) in [5.74, 6) is 0.528. The van der Waals surface area contributed by atoms with Crippen LogP contribution in [-0.4, -0.2) is 31.7 Å². The Balaban J connectivity index is 1.85. The Morgan fingerprint density at radius 2 is 1.79 bits per heavy atom. The minimum absolute atomic E-state index is 0.105. The van der Waals surface area contributed by atoms with E-state index in [0.29, 0.717) is 5.78 Å². The molecule has 0 bridgehead atoms. The molecule has 3 nitrogen and oxygen atoms in total. The number of ketones is 1. The van der Waals surface area contributed by atoms with Gasteiger partial charge in [0.1, 0.15) is 6.10 Å². The average Bonchev–Trinajstić information content (AvgIpc) is 2.30. The van der Waals surface area contributed by atoms with Crippen molar-refractivity contribution in [1.29, 1.82) is 0 Å². The molecule has 3 heteroatoms. The monoisotopic (exact) mass is 198 g/mol. The Morgan fingerprint density at radius 3 is 2.43 bits per heavy atom. The highest BCUT2D eigenvalue weighted by molar-refractivity contribution is 5.85. The molecule has 2 rings (SSSR count). The highest BCUT2D eigenvalue weighted by Gasteiger charge is 2.29. The molecule has 0 spiro atoms. The van der Waals surface area contributed by atoms with Crippen molar-refractivity contribution < 1.29 is 14.3 Å². The maximum atomic E-state index is 12.0. The van der Waals surface area contributed by atoms with Gasteiger partial charge in [-0.3, -0.25) is 4.79 Å². The SMILES string of the molecule is O=C(C1CCOCC1)C1CCCCO1. The number of carbonyl (C=O) groups is 1. The first kappa shape index (κ1) is 10.1. The number of carbonyl (C=O) groups excluding carboxylic acids is 1. The fourth-order valence-electron chi connectivity index (χ4n) is 2.21. The van der Waals surface area contributed by atoms with Crippen LogP contribution in [0.15, 0.2) is 0 Å². The van der Waals surface area contributed by atoms with Gasteiger partial charge in [-0.2, -0.15) is 0 Å². The summed E-state index contributed by atoms with van der Waals surface area (Å²) in [5.41, 5.74) is 0. The first-order chi connectivity index (χ1) is 6.88. The zero-order chi connectivity index (χ0) is 9.80. The molecular formula is C11H18O3. The fourth-order valence-corrected chi connectivity index (χ4v) is 2.21. The smallest absolute Gasteiger partial charge is 0.164 e. The van der Waals surface area contributed by atoms with Gasteiger partial charge in [-0.05, 0) is 32.1 Å². The Kier molecular flexibility index (Phi) is 3.54. The molecule has 2 saturated heterocycles. The highest BCUT2D eigenvalue weighted by Crippen LogP contribution is 2.22. The van der Waals surface area contributed by atoms with Crippen molar-refractivity contribution in [3.05, 3.63) is 0 Å². The molecule has 0 radical (unpaired) electrons. The number of rotatable bonds is 2. The van der Waals surface area contributed by atoms with Gasteiger partial charge >= 0.3 is 0 Å². The lowest BCUT2D eigenvalue weighted by atomic mass is 9.89. The lowest BCUT2D eigenvalue weighted by Crippen LogP contribution is -2.35. The summed E-state index contributed by atoms with van der Waals surface area (Å²) in [5, 5.41) is 0. The predicted molar refractivity (Wildman–Crippen MR) is 52.1 cm³/mol. The Morgan fingerprint density at radius 1 is 1.00 bits per heavy atom. The van der Waals surface area contributed by atoms with E-state index >= 15 is 0 Å². The molecule has 14 heavy (non-hydrogen) atoms. The summed E-state index contributed by atoms with van der Waals surface area (Å²) >= 11 is 0. The van der Waals surface area contributed by atoms with Crippen LogP contribution in [0.25, 0.3) is 0 Å². The van der Waals surface area contributed by atoms with Gasteiger partial charge in [0.25, 0.3) is 0 Å². The van der Waals surface area contributed by atoms with E-state index in [0.717, 1.165) is 51.9 Å². The Hall–Kier alpha value is -0.410. The summed E-state index contributed by atoms with van der Waals surface area (Å²) in [6.07, 6.45) is 4.84. The van der Waals surface area contributed by atoms with Crippen molar-refractivity contribution in [2.75, 3.05) is 19.8 Å². The molecule has 1 unspecified atom stereocenters. The minimum atomic E-state index is -0.105. The van der Waals surface area contributed by atoms with Crippen molar-refractivity contribution in [3.8, 4) is 0 Å². The quantitative estimate of drug-likeness (QED) is 0.675. The molecule has 0 aliphatic carbocycles. The van der Waals surface area contributed by atoms with E-state index in [2.05, 4.69) is 0 Å². The van der Waals surface area contributed by atoms with Gasteiger partial charge in [0.05, 0.1) is 0 Å². The zero-order valence-electron chi connectivity index (χ0n) is 8.54. The van der Waals surface area contributed by atoms with Crippen LogP contribution in [0.2, 0.25) is 0 Å². The van der Waals surface area contributed by atoms with Crippen molar-refractivity contribution in [3.63, 3.8) is 0 Å². The molecule has 2 heterocycles. The normalized spacial score (nSPS) is 30.1. The third-order valence-electron chi connectivity index (χ3n) is 3.12. The van der Waals surface area contributed by atoms with Crippen LogP contribution < -0.4 is 0 Å². The second-order valence-corrected chi connectivity index (χ2v) is 4.14. The summed E-state index contributed by atoms with van der Waals surface area (Å²) in [4.78, 5) is 12.0. The second kappa shape index (κ2) is 4.89. The number of ether oxygens (including phenoxy) is 2. The van der Waals surface area contributed by atoms with Gasteiger partial charge in [0.2, 0.25) is 0 Å². The lowest BCUT2D eigenvalue weighted by molar-refractivity contribution is -0.140. The minimum Gasteiger partial charge on any atom is -0.381 e. The predicted octanol–water partition coefficient (Wildman–Crippen LogP) is 1.55. The van der Waals surface area contributed by atoms with Crippen molar-refractivity contribution in [1.82, 2.24) is 0 Å². The molecular weight excluding hydrogens is 180 g/mol. The third kappa shape index (κ3) is 2.34. The molecule has 0 aromatic carbocycles. The molecule has 0 N–H and O–H groups in total. The third-order valence-corrected chi connectivity index (χ3v) is 3.12. The molecule has 2 fully saturated rings. The van der Waals surface area contributed by atoms with E-state index in [4.69, 9.17) is 9.47 Å². The molecule has 0 aromatic heterocycles. The van der Waals surface area contributed by atoms with Crippen LogP contribution >= 0.6 is 0 Å². The van der Waals surface area contributed by atoms with Crippen LogP contribution in [0, 0.1) is 5.92 Å². The van der Waals surface area contributed by atoms with Gasteiger partial charge in [-0.15, -0.1) is 0 Å². The molecule has 2 aliphatic heterocycles. The molecule has 0 aromatic rings. The molecule has 80 valence electrons. The Bertz CT molecular complexity index is 171. The summed E-state index contributed by atoms with van der Waals surface area (Å²) in [7, 11) is 0. The Labute approximate surface area is 84.8 Å². The standard InChI is InChI=1S/C11H18O3/c12-11(9-4-7-13-8-5-9)10-3-1-2-6-14-10/h9-10H,1-8H2. The van der Waals surface area contributed by atoms with Gasteiger partial charge in [-0.25, -0.2) is 0 Å². The van der Waals surface area contributed by atoms with Crippen molar-refractivity contribution in [2.24, 2.45) is 5.92 Å².